The fourth-order valence-electron chi connectivity index (χ4n) is 2.94. The van der Waals surface area contributed by atoms with Gasteiger partial charge in [0.15, 0.2) is 10.7 Å². The number of nitro groups is 1. The number of hydrogen-bond donors (Lipinski definition) is 1. The minimum absolute atomic E-state index is 0.182. The predicted molar refractivity (Wildman–Crippen MR) is 118 cm³/mol. The second-order valence-corrected chi connectivity index (χ2v) is 9.10. The van der Waals surface area contributed by atoms with Crippen LogP contribution in [-0.4, -0.2) is 25.2 Å². The minimum atomic E-state index is -4.47. The lowest BCUT2D eigenvalue weighted by Crippen LogP contribution is -2.43. The van der Waals surface area contributed by atoms with Crippen LogP contribution in [0, 0.1) is 10.1 Å². The zero-order chi connectivity index (χ0) is 22.6. The van der Waals surface area contributed by atoms with Crippen molar-refractivity contribution in [2.45, 2.75) is 16.3 Å². The van der Waals surface area contributed by atoms with Crippen molar-refractivity contribution in [3.8, 4) is 0 Å². The molecule has 0 bridgehead atoms. The highest BCUT2D eigenvalue weighted by Gasteiger charge is 2.35. The molecule has 0 unspecified atom stereocenters. The molecule has 0 aliphatic rings. The van der Waals surface area contributed by atoms with Gasteiger partial charge in [0, 0.05) is 16.7 Å². The maximum atomic E-state index is 13.2. The van der Waals surface area contributed by atoms with Crippen LogP contribution in [0.15, 0.2) is 83.8 Å². The van der Waals surface area contributed by atoms with Crippen LogP contribution in [0.25, 0.3) is 0 Å². The van der Waals surface area contributed by atoms with Crippen molar-refractivity contribution in [3.63, 3.8) is 0 Å². The number of nitrogens with one attached hydrogen (secondary N) is 1. The zero-order valence-corrected chi connectivity index (χ0v) is 18.1. The number of para-hydroxylation sites is 1. The fourth-order valence-corrected chi connectivity index (χ4v) is 4.84. The SMILES string of the molecule is O=C(c1ccc(Cl)cc1)[C@H](NS(=O)(=O)c1ccccc1[N+](=O)[O-])[C@H](Cl)c1ccccc1. The first-order chi connectivity index (χ1) is 14.7. The van der Waals surface area contributed by atoms with Crippen molar-refractivity contribution in [1.29, 1.82) is 0 Å². The molecule has 0 fully saturated rings. The Bertz CT molecular complexity index is 1200. The van der Waals surface area contributed by atoms with Crippen LogP contribution in [0.2, 0.25) is 5.02 Å². The molecule has 3 aromatic rings. The Kier molecular flexibility index (Phi) is 7.07. The summed E-state index contributed by atoms with van der Waals surface area (Å²) in [5.74, 6) is -0.609. The van der Waals surface area contributed by atoms with Crippen LogP contribution in [0.4, 0.5) is 5.69 Å². The maximum Gasteiger partial charge on any atom is 0.289 e. The van der Waals surface area contributed by atoms with Gasteiger partial charge in [-0.25, -0.2) is 8.42 Å². The summed E-state index contributed by atoms with van der Waals surface area (Å²) in [7, 11) is -4.47. The third kappa shape index (κ3) is 5.29. The Labute approximate surface area is 188 Å². The molecule has 10 heteroatoms. The average molecular weight is 479 g/mol. The Morgan fingerprint density at radius 2 is 1.52 bits per heavy atom. The smallest absolute Gasteiger partial charge is 0.289 e. The lowest BCUT2D eigenvalue weighted by Gasteiger charge is -2.23. The first-order valence-corrected chi connectivity index (χ1v) is 11.2. The van der Waals surface area contributed by atoms with Crippen LogP contribution in [0.1, 0.15) is 21.3 Å². The van der Waals surface area contributed by atoms with Gasteiger partial charge >= 0.3 is 0 Å². The molecule has 7 nitrogen and oxygen atoms in total. The van der Waals surface area contributed by atoms with Crippen LogP contribution in [-0.2, 0) is 10.0 Å². The Morgan fingerprint density at radius 3 is 2.13 bits per heavy atom. The monoisotopic (exact) mass is 478 g/mol. The third-order valence-electron chi connectivity index (χ3n) is 4.46. The predicted octanol–water partition coefficient (Wildman–Crippen LogP) is 4.76. The van der Waals surface area contributed by atoms with Crippen LogP contribution >= 0.6 is 23.2 Å². The van der Waals surface area contributed by atoms with E-state index in [9.17, 15) is 23.3 Å². The molecule has 3 aromatic carbocycles. The minimum Gasteiger partial charge on any atom is -0.292 e. The first kappa shape index (κ1) is 22.9. The molecular formula is C21H16Cl2N2O5S. The maximum absolute atomic E-state index is 13.2. The highest BCUT2D eigenvalue weighted by Crippen LogP contribution is 2.30. The second-order valence-electron chi connectivity index (χ2n) is 6.51. The number of benzene rings is 3. The lowest BCUT2D eigenvalue weighted by atomic mass is 9.98. The molecule has 0 aliphatic carbocycles. The van der Waals surface area contributed by atoms with E-state index in [1.165, 1.54) is 36.4 Å². The summed E-state index contributed by atoms with van der Waals surface area (Å²) in [5.41, 5.74) is 0.0708. The summed E-state index contributed by atoms with van der Waals surface area (Å²) >= 11 is 12.4. The number of nitrogens with zero attached hydrogens (tertiary/aromatic N) is 1. The van der Waals surface area contributed by atoms with Crippen molar-refractivity contribution in [3.05, 3.63) is 105 Å². The molecule has 2 atom stereocenters. The number of alkyl halides is 1. The van der Waals surface area contributed by atoms with Gasteiger partial charge in [0.25, 0.3) is 5.69 Å². The quantitative estimate of drug-likeness (QED) is 0.217. The van der Waals surface area contributed by atoms with E-state index in [2.05, 4.69) is 4.72 Å². The van der Waals surface area contributed by atoms with Gasteiger partial charge in [-0.2, -0.15) is 4.72 Å². The van der Waals surface area contributed by atoms with Crippen molar-refractivity contribution in [2.75, 3.05) is 0 Å². The topological polar surface area (TPSA) is 106 Å². The summed E-state index contributed by atoms with van der Waals surface area (Å²) < 4.78 is 28.4. The van der Waals surface area contributed by atoms with E-state index in [-0.39, 0.29) is 5.56 Å². The normalized spacial score (nSPS) is 13.4. The van der Waals surface area contributed by atoms with E-state index < -0.39 is 42.7 Å². The molecule has 0 heterocycles. The zero-order valence-electron chi connectivity index (χ0n) is 15.8. The van der Waals surface area contributed by atoms with Gasteiger partial charge in [0.05, 0.1) is 10.3 Å². The summed E-state index contributed by atoms with van der Waals surface area (Å²) in [6.45, 7) is 0. The van der Waals surface area contributed by atoms with Crippen LogP contribution < -0.4 is 4.72 Å². The van der Waals surface area contributed by atoms with Crippen molar-refractivity contribution < 1.29 is 18.1 Å². The number of halogens is 2. The molecule has 0 saturated carbocycles. The van der Waals surface area contributed by atoms with Crippen LogP contribution in [0.3, 0.4) is 0 Å². The van der Waals surface area contributed by atoms with Gasteiger partial charge in [-0.1, -0.05) is 54.1 Å². The van der Waals surface area contributed by atoms with E-state index >= 15 is 0 Å². The number of carbonyl (C=O) groups excluding carboxylic acids is 1. The highest BCUT2D eigenvalue weighted by atomic mass is 35.5. The summed E-state index contributed by atoms with van der Waals surface area (Å²) in [5, 5.41) is 10.6. The molecule has 0 aliphatic heterocycles. The summed E-state index contributed by atoms with van der Waals surface area (Å²) in [6.07, 6.45) is 0. The Balaban J connectivity index is 2.05. The molecular weight excluding hydrogens is 463 g/mol. The Morgan fingerprint density at radius 1 is 0.935 bits per heavy atom. The number of ketones is 1. The fraction of sp³-hybridized carbons (Fsp3) is 0.0952. The molecule has 1 N–H and O–H groups in total. The third-order valence-corrected chi connectivity index (χ3v) is 6.70. The molecule has 160 valence electrons. The number of Topliss-reactive ketones (excluding diaryl/α,β-unsaturated/α-hetero) is 1. The van der Waals surface area contributed by atoms with E-state index in [0.29, 0.717) is 10.6 Å². The Hall–Kier alpha value is -2.78. The molecule has 0 radical (unpaired) electrons. The van der Waals surface area contributed by atoms with Gasteiger partial charge in [-0.05, 0) is 35.9 Å². The summed E-state index contributed by atoms with van der Waals surface area (Å²) in [4.78, 5) is 23.1. The second kappa shape index (κ2) is 9.57. The number of sulfonamides is 1. The largest absolute Gasteiger partial charge is 0.292 e. The summed E-state index contributed by atoms with van der Waals surface area (Å²) in [6, 6.07) is 17.8. The molecule has 0 amide bonds. The molecule has 3 rings (SSSR count). The average Bonchev–Trinajstić information content (AvgIpc) is 2.77. The van der Waals surface area contributed by atoms with Gasteiger partial charge in [0.2, 0.25) is 10.0 Å². The lowest BCUT2D eigenvalue weighted by molar-refractivity contribution is -0.387. The number of carbonyl (C=O) groups is 1. The van der Waals surface area contributed by atoms with Gasteiger partial charge in [-0.15, -0.1) is 11.6 Å². The number of rotatable bonds is 8. The van der Waals surface area contributed by atoms with Crippen molar-refractivity contribution in [2.24, 2.45) is 0 Å². The van der Waals surface area contributed by atoms with Crippen molar-refractivity contribution >= 4 is 44.7 Å². The molecule has 0 spiro atoms. The number of hydrogen-bond acceptors (Lipinski definition) is 5. The standard InChI is InChI=1S/C21H16Cl2N2O5S/c22-16-12-10-15(11-13-16)21(26)20(19(23)14-6-2-1-3-7-14)24-31(29,30)18-9-5-4-8-17(18)25(27)28/h1-13,19-20,24H/t19-,20-/m1/s1. The van der Waals surface area contributed by atoms with Gasteiger partial charge in [0.1, 0.15) is 6.04 Å². The highest BCUT2D eigenvalue weighted by molar-refractivity contribution is 7.89. The molecule has 0 saturated heterocycles. The van der Waals surface area contributed by atoms with Gasteiger partial charge < -0.3 is 0 Å². The van der Waals surface area contributed by atoms with E-state index in [1.54, 1.807) is 30.3 Å². The first-order valence-electron chi connectivity index (χ1n) is 8.95. The van der Waals surface area contributed by atoms with Crippen molar-refractivity contribution in [1.82, 2.24) is 4.72 Å². The van der Waals surface area contributed by atoms with E-state index in [1.807, 2.05) is 0 Å². The number of nitro benzene ring substituents is 1. The van der Waals surface area contributed by atoms with E-state index in [0.717, 1.165) is 12.1 Å². The van der Waals surface area contributed by atoms with Crippen LogP contribution in [0.5, 0.6) is 0 Å². The van der Waals surface area contributed by atoms with Gasteiger partial charge in [-0.3, -0.25) is 14.9 Å². The van der Waals surface area contributed by atoms with E-state index in [4.69, 9.17) is 23.2 Å². The molecule has 0 aromatic heterocycles. The molecule has 31 heavy (non-hydrogen) atoms.